The molecule has 0 amide bonds. The number of hydrogen-bond donors (Lipinski definition) is 1. The standard InChI is InChI=1S/C24H30N4/c1-18-8-10-21(25-15-18)20-9-11-23-22(14-20)26-24-17-27(12-5-13-28(23)24)16-19-6-3-2-4-7-19/h2-4,6-7,9,11,14,18,21,25H,5,8,10,12-13,15-17H2,1H3/t18-,21+/m0/s1. The van der Waals surface area contributed by atoms with E-state index in [2.05, 4.69) is 70.2 Å². The molecular formula is C24H30N4. The van der Waals surface area contributed by atoms with Gasteiger partial charge in [0.25, 0.3) is 0 Å². The highest BCUT2D eigenvalue weighted by molar-refractivity contribution is 5.77. The van der Waals surface area contributed by atoms with Gasteiger partial charge in [-0.25, -0.2) is 4.98 Å². The summed E-state index contributed by atoms with van der Waals surface area (Å²) in [6.45, 7) is 7.58. The first-order valence-electron chi connectivity index (χ1n) is 10.7. The lowest BCUT2D eigenvalue weighted by Crippen LogP contribution is -2.31. The Labute approximate surface area is 167 Å². The van der Waals surface area contributed by atoms with Crippen LogP contribution in [0.1, 0.15) is 49.2 Å². The highest BCUT2D eigenvalue weighted by Crippen LogP contribution is 2.29. The van der Waals surface area contributed by atoms with Crippen molar-refractivity contribution < 1.29 is 0 Å². The Morgan fingerprint density at radius 2 is 1.96 bits per heavy atom. The largest absolute Gasteiger partial charge is 0.327 e. The van der Waals surface area contributed by atoms with Crippen LogP contribution in [-0.4, -0.2) is 27.5 Å². The first kappa shape index (κ1) is 17.9. The number of rotatable bonds is 3. The molecule has 5 rings (SSSR count). The third-order valence-corrected chi connectivity index (χ3v) is 6.38. The maximum atomic E-state index is 5.07. The van der Waals surface area contributed by atoms with Gasteiger partial charge in [0.05, 0.1) is 17.6 Å². The van der Waals surface area contributed by atoms with Gasteiger partial charge in [-0.3, -0.25) is 4.90 Å². The second-order valence-corrected chi connectivity index (χ2v) is 8.62. The lowest BCUT2D eigenvalue weighted by Gasteiger charge is -2.28. The fourth-order valence-corrected chi connectivity index (χ4v) is 4.77. The van der Waals surface area contributed by atoms with E-state index in [1.807, 2.05) is 0 Å². The maximum absolute atomic E-state index is 5.07. The molecule has 0 aliphatic carbocycles. The van der Waals surface area contributed by atoms with Crippen molar-refractivity contribution >= 4 is 11.0 Å². The van der Waals surface area contributed by atoms with Crippen LogP contribution in [0, 0.1) is 5.92 Å². The molecule has 0 spiro atoms. The van der Waals surface area contributed by atoms with Crippen LogP contribution in [0.15, 0.2) is 48.5 Å². The molecule has 3 heterocycles. The molecule has 2 aromatic carbocycles. The van der Waals surface area contributed by atoms with Crippen LogP contribution in [0.3, 0.4) is 0 Å². The van der Waals surface area contributed by atoms with E-state index in [0.29, 0.717) is 6.04 Å². The first-order chi connectivity index (χ1) is 13.8. The Morgan fingerprint density at radius 3 is 2.79 bits per heavy atom. The number of aryl methyl sites for hydroxylation is 1. The molecule has 4 heteroatoms. The highest BCUT2D eigenvalue weighted by atomic mass is 15.2. The summed E-state index contributed by atoms with van der Waals surface area (Å²) in [6, 6.07) is 18.2. The van der Waals surface area contributed by atoms with E-state index in [9.17, 15) is 0 Å². The molecule has 1 N–H and O–H groups in total. The lowest BCUT2D eigenvalue weighted by atomic mass is 9.92. The van der Waals surface area contributed by atoms with Gasteiger partial charge in [0, 0.05) is 25.7 Å². The number of aromatic nitrogens is 2. The molecular weight excluding hydrogens is 344 g/mol. The fourth-order valence-electron chi connectivity index (χ4n) is 4.77. The molecule has 1 saturated heterocycles. The normalized spacial score (nSPS) is 23.5. The van der Waals surface area contributed by atoms with E-state index >= 15 is 0 Å². The maximum Gasteiger partial charge on any atom is 0.124 e. The summed E-state index contributed by atoms with van der Waals surface area (Å²) in [4.78, 5) is 7.60. The van der Waals surface area contributed by atoms with Gasteiger partial charge in [-0.05, 0) is 55.0 Å². The van der Waals surface area contributed by atoms with Crippen molar-refractivity contribution in [3.8, 4) is 0 Å². The van der Waals surface area contributed by atoms with Gasteiger partial charge in [-0.1, -0.05) is 43.3 Å². The van der Waals surface area contributed by atoms with Crippen LogP contribution in [-0.2, 0) is 19.6 Å². The third kappa shape index (κ3) is 3.59. The predicted molar refractivity (Wildman–Crippen MR) is 114 cm³/mol. The van der Waals surface area contributed by atoms with E-state index < -0.39 is 0 Å². The Kier molecular flexibility index (Phi) is 4.91. The zero-order valence-electron chi connectivity index (χ0n) is 16.8. The van der Waals surface area contributed by atoms with Crippen LogP contribution in [0.25, 0.3) is 11.0 Å². The fraction of sp³-hybridized carbons (Fsp3) is 0.458. The Hall–Kier alpha value is -2.17. The topological polar surface area (TPSA) is 33.1 Å². The zero-order chi connectivity index (χ0) is 18.9. The number of nitrogens with zero attached hydrogens (tertiary/aromatic N) is 3. The average Bonchev–Trinajstić information content (AvgIpc) is 2.93. The van der Waals surface area contributed by atoms with Gasteiger partial charge in [0.15, 0.2) is 0 Å². The zero-order valence-corrected chi connectivity index (χ0v) is 16.8. The predicted octanol–water partition coefficient (Wildman–Crippen LogP) is 4.50. The van der Waals surface area contributed by atoms with Crippen molar-refractivity contribution in [1.29, 1.82) is 0 Å². The summed E-state index contributed by atoms with van der Waals surface area (Å²) >= 11 is 0. The second-order valence-electron chi connectivity index (χ2n) is 8.62. The number of hydrogen-bond acceptors (Lipinski definition) is 3. The molecule has 0 unspecified atom stereocenters. The van der Waals surface area contributed by atoms with E-state index in [-0.39, 0.29) is 0 Å². The van der Waals surface area contributed by atoms with Crippen molar-refractivity contribution in [2.24, 2.45) is 5.92 Å². The van der Waals surface area contributed by atoms with Gasteiger partial charge in [0.1, 0.15) is 5.82 Å². The molecule has 3 aromatic rings. The summed E-state index contributed by atoms with van der Waals surface area (Å²) < 4.78 is 2.44. The van der Waals surface area contributed by atoms with Crippen molar-refractivity contribution in [2.75, 3.05) is 13.1 Å². The average molecular weight is 375 g/mol. The van der Waals surface area contributed by atoms with Crippen molar-refractivity contribution in [1.82, 2.24) is 19.8 Å². The van der Waals surface area contributed by atoms with E-state index in [0.717, 1.165) is 44.2 Å². The van der Waals surface area contributed by atoms with E-state index in [4.69, 9.17) is 4.98 Å². The summed E-state index contributed by atoms with van der Waals surface area (Å²) in [7, 11) is 0. The molecule has 0 radical (unpaired) electrons. The van der Waals surface area contributed by atoms with Crippen molar-refractivity contribution in [2.45, 2.75) is 51.9 Å². The molecule has 28 heavy (non-hydrogen) atoms. The number of benzene rings is 2. The summed E-state index contributed by atoms with van der Waals surface area (Å²) in [5.41, 5.74) is 5.24. The highest BCUT2D eigenvalue weighted by Gasteiger charge is 2.22. The summed E-state index contributed by atoms with van der Waals surface area (Å²) in [5, 5.41) is 3.71. The lowest BCUT2D eigenvalue weighted by molar-refractivity contribution is 0.258. The van der Waals surface area contributed by atoms with Gasteiger partial charge < -0.3 is 9.88 Å². The summed E-state index contributed by atoms with van der Waals surface area (Å²) in [5.74, 6) is 2.00. The molecule has 2 aliphatic heterocycles. The molecule has 1 aromatic heterocycles. The van der Waals surface area contributed by atoms with E-state index in [1.165, 1.54) is 41.7 Å². The molecule has 2 aliphatic rings. The molecule has 0 saturated carbocycles. The summed E-state index contributed by atoms with van der Waals surface area (Å²) in [6.07, 6.45) is 3.71. The minimum absolute atomic E-state index is 0.483. The minimum atomic E-state index is 0.483. The number of fused-ring (bicyclic) bond motifs is 3. The third-order valence-electron chi connectivity index (χ3n) is 6.38. The quantitative estimate of drug-likeness (QED) is 0.733. The SMILES string of the molecule is C[C@H]1CC[C@H](c2ccc3c(c2)nc2n3CCCN(Cc3ccccc3)C2)NC1. The molecule has 146 valence electrons. The van der Waals surface area contributed by atoms with Gasteiger partial charge in [-0.2, -0.15) is 0 Å². The van der Waals surface area contributed by atoms with Crippen molar-refractivity contribution in [3.05, 3.63) is 65.5 Å². The van der Waals surface area contributed by atoms with Crippen LogP contribution in [0.4, 0.5) is 0 Å². The van der Waals surface area contributed by atoms with Crippen molar-refractivity contribution in [3.63, 3.8) is 0 Å². The molecule has 4 nitrogen and oxygen atoms in total. The number of piperidine rings is 1. The van der Waals surface area contributed by atoms with E-state index in [1.54, 1.807) is 0 Å². The first-order valence-corrected chi connectivity index (χ1v) is 10.7. The minimum Gasteiger partial charge on any atom is -0.327 e. The molecule has 1 fully saturated rings. The Bertz CT molecular complexity index is 938. The second kappa shape index (κ2) is 7.69. The number of nitrogens with one attached hydrogen (secondary N) is 1. The molecule has 0 bridgehead atoms. The smallest absolute Gasteiger partial charge is 0.124 e. The molecule has 2 atom stereocenters. The van der Waals surface area contributed by atoms with Gasteiger partial charge in [-0.15, -0.1) is 0 Å². The van der Waals surface area contributed by atoms with Crippen LogP contribution >= 0.6 is 0 Å². The number of imidazole rings is 1. The van der Waals surface area contributed by atoms with Gasteiger partial charge >= 0.3 is 0 Å². The van der Waals surface area contributed by atoms with Gasteiger partial charge in [0.2, 0.25) is 0 Å². The monoisotopic (exact) mass is 374 g/mol. The van der Waals surface area contributed by atoms with Crippen LogP contribution in [0.2, 0.25) is 0 Å². The Morgan fingerprint density at radius 1 is 1.07 bits per heavy atom. The van der Waals surface area contributed by atoms with Crippen LogP contribution in [0.5, 0.6) is 0 Å². The van der Waals surface area contributed by atoms with Crippen LogP contribution < -0.4 is 5.32 Å². The Balaban J connectivity index is 1.39.